The van der Waals surface area contributed by atoms with Gasteiger partial charge in [0.2, 0.25) is 0 Å². The fraction of sp³-hybridized carbons (Fsp3) is 0.300. The molecule has 0 aromatic heterocycles. The van der Waals surface area contributed by atoms with Crippen LogP contribution in [0.1, 0.15) is 15.9 Å². The summed E-state index contributed by atoms with van der Waals surface area (Å²) >= 11 is 3.21. The van der Waals surface area contributed by atoms with Gasteiger partial charge in [0.15, 0.2) is 0 Å². The van der Waals surface area contributed by atoms with Crippen molar-refractivity contribution in [3.8, 4) is 0 Å². The Kier molecular flexibility index (Phi) is 4.22. The normalized spacial score (nSPS) is 11.4. The van der Waals surface area contributed by atoms with E-state index in [1.165, 1.54) is 11.0 Å². The maximum absolute atomic E-state index is 11.8. The molecule has 0 saturated heterocycles. The Bertz CT molecular complexity index is 569. The lowest BCUT2D eigenvalue weighted by molar-refractivity contribution is 0.0827. The van der Waals surface area contributed by atoms with E-state index in [2.05, 4.69) is 15.9 Å². The van der Waals surface area contributed by atoms with E-state index in [1.807, 2.05) is 0 Å². The lowest BCUT2D eigenvalue weighted by Gasteiger charge is -2.13. The van der Waals surface area contributed by atoms with Gasteiger partial charge in [-0.2, -0.15) is 0 Å². The molecule has 94 valence electrons. The highest BCUT2D eigenvalue weighted by Crippen LogP contribution is 2.28. The summed E-state index contributed by atoms with van der Waals surface area (Å²) in [6.45, 7) is 1.61. The van der Waals surface area contributed by atoms with Gasteiger partial charge in [-0.15, -0.1) is 0 Å². The molecule has 0 atom stereocenters. The molecular formula is C10H11BrClNO3S. The third-order valence-corrected chi connectivity index (χ3v) is 4.48. The summed E-state index contributed by atoms with van der Waals surface area (Å²) in [6, 6.07) is 2.86. The van der Waals surface area contributed by atoms with Crippen LogP contribution >= 0.6 is 26.6 Å². The summed E-state index contributed by atoms with van der Waals surface area (Å²) < 4.78 is 23.3. The first kappa shape index (κ1) is 14.5. The Hall–Kier alpha value is -0.590. The highest BCUT2D eigenvalue weighted by atomic mass is 79.9. The average Bonchev–Trinajstić information content (AvgIpc) is 2.18. The summed E-state index contributed by atoms with van der Waals surface area (Å²) in [5, 5.41) is 0. The number of hydrogen-bond acceptors (Lipinski definition) is 3. The van der Waals surface area contributed by atoms with Crippen LogP contribution in [-0.2, 0) is 9.05 Å². The van der Waals surface area contributed by atoms with E-state index < -0.39 is 9.05 Å². The zero-order valence-corrected chi connectivity index (χ0v) is 12.6. The minimum absolute atomic E-state index is 0.0567. The van der Waals surface area contributed by atoms with E-state index in [0.717, 1.165) is 0 Å². The Balaban J connectivity index is 3.50. The predicted molar refractivity (Wildman–Crippen MR) is 69.9 cm³/mol. The van der Waals surface area contributed by atoms with Crippen LogP contribution in [0.25, 0.3) is 0 Å². The van der Waals surface area contributed by atoms with Crippen LogP contribution in [0, 0.1) is 6.92 Å². The van der Waals surface area contributed by atoms with Crippen LogP contribution in [0.15, 0.2) is 21.5 Å². The Morgan fingerprint density at radius 3 is 2.29 bits per heavy atom. The van der Waals surface area contributed by atoms with Crippen molar-refractivity contribution in [2.75, 3.05) is 14.1 Å². The lowest BCUT2D eigenvalue weighted by Crippen LogP contribution is -2.22. The molecule has 0 N–H and O–H groups in total. The van der Waals surface area contributed by atoms with Gasteiger partial charge in [-0.05, 0) is 24.6 Å². The van der Waals surface area contributed by atoms with Crippen molar-refractivity contribution < 1.29 is 13.2 Å². The maximum Gasteiger partial charge on any atom is 0.261 e. The van der Waals surface area contributed by atoms with Gasteiger partial charge in [0.25, 0.3) is 15.0 Å². The third-order valence-electron chi connectivity index (χ3n) is 2.21. The smallest absolute Gasteiger partial charge is 0.261 e. The van der Waals surface area contributed by atoms with Gasteiger partial charge < -0.3 is 4.90 Å². The molecule has 0 radical (unpaired) electrons. The molecule has 0 saturated carbocycles. The van der Waals surface area contributed by atoms with Gasteiger partial charge in [-0.3, -0.25) is 4.79 Å². The highest BCUT2D eigenvalue weighted by Gasteiger charge is 2.19. The van der Waals surface area contributed by atoms with Crippen LogP contribution < -0.4 is 0 Å². The molecule has 1 rings (SSSR count). The molecule has 0 bridgehead atoms. The second-order valence-corrected chi connectivity index (χ2v) is 7.11. The summed E-state index contributed by atoms with van der Waals surface area (Å²) in [5.74, 6) is -0.285. The van der Waals surface area contributed by atoms with Crippen molar-refractivity contribution in [3.05, 3.63) is 27.7 Å². The quantitative estimate of drug-likeness (QED) is 0.777. The first-order valence-electron chi connectivity index (χ1n) is 4.61. The van der Waals surface area contributed by atoms with Crippen molar-refractivity contribution in [2.24, 2.45) is 0 Å². The van der Waals surface area contributed by atoms with Crippen LogP contribution in [0.4, 0.5) is 0 Å². The van der Waals surface area contributed by atoms with Gasteiger partial charge >= 0.3 is 0 Å². The van der Waals surface area contributed by atoms with Gasteiger partial charge in [-0.25, -0.2) is 8.42 Å². The molecule has 0 aliphatic heterocycles. The molecule has 1 amide bonds. The predicted octanol–water partition coefficient (Wildman–Crippen LogP) is 2.39. The molecule has 0 fully saturated rings. The molecular weight excluding hydrogens is 330 g/mol. The van der Waals surface area contributed by atoms with Gasteiger partial charge in [0.05, 0.1) is 4.90 Å². The zero-order chi connectivity index (χ0) is 13.4. The molecule has 0 aliphatic rings. The van der Waals surface area contributed by atoms with Crippen molar-refractivity contribution in [3.63, 3.8) is 0 Å². The monoisotopic (exact) mass is 339 g/mol. The van der Waals surface area contributed by atoms with Crippen LogP contribution in [0.2, 0.25) is 0 Å². The molecule has 0 aliphatic carbocycles. The Morgan fingerprint density at radius 2 is 1.88 bits per heavy atom. The minimum Gasteiger partial charge on any atom is -0.345 e. The standard InChI is InChI=1S/C10H11BrClNO3S/c1-6-8(11)4-7(10(14)13(2)3)5-9(6)17(12,15)16/h4-5H,1-3H3. The summed E-state index contributed by atoms with van der Waals surface area (Å²) in [4.78, 5) is 13.1. The SMILES string of the molecule is Cc1c(Br)cc(C(=O)N(C)C)cc1S(=O)(=O)Cl. The van der Waals surface area contributed by atoms with E-state index in [9.17, 15) is 13.2 Å². The fourth-order valence-corrected chi connectivity index (χ4v) is 3.10. The number of halogens is 2. The lowest BCUT2D eigenvalue weighted by atomic mass is 10.1. The number of hydrogen-bond donors (Lipinski definition) is 0. The summed E-state index contributed by atoms with van der Waals surface area (Å²) in [6.07, 6.45) is 0. The third kappa shape index (κ3) is 3.20. The first-order valence-corrected chi connectivity index (χ1v) is 7.71. The van der Waals surface area contributed by atoms with Gasteiger partial charge in [0, 0.05) is 34.8 Å². The molecule has 17 heavy (non-hydrogen) atoms. The van der Waals surface area contributed by atoms with Gasteiger partial charge in [0.1, 0.15) is 0 Å². The van der Waals surface area contributed by atoms with E-state index in [-0.39, 0.29) is 16.4 Å². The molecule has 7 heteroatoms. The number of rotatable bonds is 2. The number of carbonyl (C=O) groups excluding carboxylic acids is 1. The topological polar surface area (TPSA) is 54.5 Å². The molecule has 4 nitrogen and oxygen atoms in total. The summed E-state index contributed by atoms with van der Waals surface area (Å²) in [7, 11) is 4.63. The number of amides is 1. The van der Waals surface area contributed by atoms with Crippen molar-refractivity contribution >= 4 is 41.6 Å². The van der Waals surface area contributed by atoms with E-state index in [4.69, 9.17) is 10.7 Å². The van der Waals surface area contributed by atoms with Gasteiger partial charge in [-0.1, -0.05) is 15.9 Å². The largest absolute Gasteiger partial charge is 0.345 e. The maximum atomic E-state index is 11.8. The minimum atomic E-state index is -3.87. The Labute approximate surface area is 113 Å². The van der Waals surface area contributed by atoms with E-state index >= 15 is 0 Å². The van der Waals surface area contributed by atoms with Crippen LogP contribution in [-0.4, -0.2) is 33.3 Å². The van der Waals surface area contributed by atoms with Crippen molar-refractivity contribution in [1.82, 2.24) is 4.90 Å². The molecule has 1 aromatic carbocycles. The zero-order valence-electron chi connectivity index (χ0n) is 9.49. The second kappa shape index (κ2) is 4.96. The number of benzene rings is 1. The van der Waals surface area contributed by atoms with Crippen molar-refractivity contribution in [1.29, 1.82) is 0 Å². The summed E-state index contributed by atoms with van der Waals surface area (Å²) in [5.41, 5.74) is 0.752. The fourth-order valence-electron chi connectivity index (χ4n) is 1.29. The molecule has 0 unspecified atom stereocenters. The Morgan fingerprint density at radius 1 is 1.35 bits per heavy atom. The van der Waals surface area contributed by atoms with Crippen LogP contribution in [0.5, 0.6) is 0 Å². The molecule has 1 aromatic rings. The first-order chi connectivity index (χ1) is 7.64. The van der Waals surface area contributed by atoms with E-state index in [1.54, 1.807) is 27.1 Å². The highest BCUT2D eigenvalue weighted by molar-refractivity contribution is 9.10. The molecule has 0 heterocycles. The van der Waals surface area contributed by atoms with E-state index in [0.29, 0.717) is 10.0 Å². The number of carbonyl (C=O) groups is 1. The average molecular weight is 341 g/mol. The number of nitrogens with zero attached hydrogens (tertiary/aromatic N) is 1. The molecule has 0 spiro atoms. The van der Waals surface area contributed by atoms with Crippen molar-refractivity contribution in [2.45, 2.75) is 11.8 Å². The second-order valence-electron chi connectivity index (χ2n) is 3.72. The van der Waals surface area contributed by atoms with Crippen LogP contribution in [0.3, 0.4) is 0 Å².